The maximum absolute atomic E-state index is 5.59. The number of hydrogen-bond donors (Lipinski definition) is 0. The molecule has 0 saturated carbocycles. The molecule has 1 saturated heterocycles. The van der Waals surface area contributed by atoms with Gasteiger partial charge in [0.1, 0.15) is 11.7 Å². The Balaban J connectivity index is 2.19. The summed E-state index contributed by atoms with van der Waals surface area (Å²) < 4.78 is 5.59. The van der Waals surface area contributed by atoms with Crippen LogP contribution in [-0.4, -0.2) is 11.7 Å². The molecule has 11 heavy (non-hydrogen) atoms. The minimum Gasteiger partial charge on any atom is -0.357 e. The maximum Gasteiger partial charge on any atom is 0.121 e. The average molecular weight is 148 g/mol. The van der Waals surface area contributed by atoms with Crippen LogP contribution in [0.5, 0.6) is 0 Å². The molecule has 0 spiro atoms. The van der Waals surface area contributed by atoms with E-state index in [-0.39, 0.29) is 5.60 Å². The first-order valence-corrected chi connectivity index (χ1v) is 3.93. The van der Waals surface area contributed by atoms with Gasteiger partial charge in [0, 0.05) is 6.42 Å². The highest BCUT2D eigenvalue weighted by Gasteiger charge is 2.54. The topological polar surface area (TPSA) is 12.5 Å². The number of allylic oxidation sites excluding steroid dienone is 2. The number of ether oxygens (including phenoxy) is 1. The van der Waals surface area contributed by atoms with Gasteiger partial charge in [0.05, 0.1) is 0 Å². The summed E-state index contributed by atoms with van der Waals surface area (Å²) in [6, 6.07) is 0. The molecule has 0 N–H and O–H groups in total. The van der Waals surface area contributed by atoms with Gasteiger partial charge in [0.15, 0.2) is 0 Å². The minimum atomic E-state index is 0.000579. The number of hydrogen-bond acceptors (Lipinski definition) is 1. The Hall–Kier alpha value is -0.820. The average Bonchev–Trinajstić information content (AvgIpc) is 2.65. The van der Waals surface area contributed by atoms with Crippen molar-refractivity contribution in [2.45, 2.75) is 25.0 Å². The van der Waals surface area contributed by atoms with Crippen LogP contribution in [-0.2, 0) is 4.74 Å². The van der Waals surface area contributed by atoms with Gasteiger partial charge in [-0.3, -0.25) is 0 Å². The second-order valence-corrected chi connectivity index (χ2v) is 3.22. The van der Waals surface area contributed by atoms with Crippen LogP contribution in [0, 0.1) is 0 Å². The Morgan fingerprint density at radius 1 is 1.82 bits per heavy atom. The lowest BCUT2D eigenvalue weighted by atomic mass is 9.92. The lowest BCUT2D eigenvalue weighted by molar-refractivity contribution is 0.340. The first kappa shape index (κ1) is 6.86. The predicted octanol–water partition coefficient (Wildman–Crippen LogP) is 2.22. The van der Waals surface area contributed by atoms with Crippen molar-refractivity contribution in [3.63, 3.8) is 0 Å². The second-order valence-electron chi connectivity index (χ2n) is 3.22. The van der Waals surface area contributed by atoms with Crippen LogP contribution >= 0.6 is 0 Å². The zero-order valence-corrected chi connectivity index (χ0v) is 6.71. The van der Waals surface area contributed by atoms with Crippen LogP contribution in [0.2, 0.25) is 0 Å². The van der Waals surface area contributed by atoms with E-state index in [2.05, 4.69) is 31.7 Å². The Morgan fingerprint density at radius 3 is 3.36 bits per heavy atom. The molecule has 1 heterocycles. The van der Waals surface area contributed by atoms with Crippen LogP contribution in [0.15, 0.2) is 36.5 Å². The monoisotopic (exact) mass is 148 g/mol. The van der Waals surface area contributed by atoms with Gasteiger partial charge >= 0.3 is 0 Å². The standard InChI is InChI=1S/C10H12O/c1-3-6-10-7-4-5-8(2)9(10)11-10/h3-5,7,9H,1,6H2,2H3. The zero-order chi connectivity index (χ0) is 7.90. The molecule has 2 aliphatic rings. The van der Waals surface area contributed by atoms with Crippen LogP contribution in [0.25, 0.3) is 0 Å². The van der Waals surface area contributed by atoms with Crippen molar-refractivity contribution in [2.75, 3.05) is 0 Å². The van der Waals surface area contributed by atoms with Crippen molar-refractivity contribution < 1.29 is 4.74 Å². The molecule has 1 aliphatic carbocycles. The molecule has 1 nitrogen and oxygen atoms in total. The first-order chi connectivity index (χ1) is 5.28. The molecule has 0 amide bonds. The molecular weight excluding hydrogens is 136 g/mol. The molecule has 1 heteroatoms. The number of rotatable bonds is 2. The Labute approximate surface area is 67.1 Å². The third kappa shape index (κ3) is 0.881. The van der Waals surface area contributed by atoms with E-state index < -0.39 is 0 Å². The Kier molecular flexibility index (Phi) is 1.30. The van der Waals surface area contributed by atoms with E-state index in [9.17, 15) is 0 Å². The van der Waals surface area contributed by atoms with Gasteiger partial charge in [-0.2, -0.15) is 0 Å². The van der Waals surface area contributed by atoms with E-state index >= 15 is 0 Å². The maximum atomic E-state index is 5.59. The summed E-state index contributed by atoms with van der Waals surface area (Å²) in [5, 5.41) is 0. The molecule has 1 aliphatic heterocycles. The van der Waals surface area contributed by atoms with Crippen molar-refractivity contribution in [1.29, 1.82) is 0 Å². The fourth-order valence-electron chi connectivity index (χ4n) is 1.69. The summed E-state index contributed by atoms with van der Waals surface area (Å²) in [7, 11) is 0. The highest BCUT2D eigenvalue weighted by molar-refractivity contribution is 5.37. The van der Waals surface area contributed by atoms with E-state index in [1.165, 1.54) is 5.57 Å². The van der Waals surface area contributed by atoms with E-state index in [0.29, 0.717) is 6.10 Å². The van der Waals surface area contributed by atoms with Crippen molar-refractivity contribution in [3.05, 3.63) is 36.5 Å². The van der Waals surface area contributed by atoms with Crippen molar-refractivity contribution in [1.82, 2.24) is 0 Å². The fraction of sp³-hybridized carbons (Fsp3) is 0.400. The van der Waals surface area contributed by atoms with Crippen molar-refractivity contribution in [2.24, 2.45) is 0 Å². The summed E-state index contributed by atoms with van der Waals surface area (Å²) in [5.41, 5.74) is 1.33. The molecule has 2 unspecified atom stereocenters. The van der Waals surface area contributed by atoms with Gasteiger partial charge in [0.2, 0.25) is 0 Å². The molecule has 2 rings (SSSR count). The Morgan fingerprint density at radius 2 is 2.64 bits per heavy atom. The fourth-order valence-corrected chi connectivity index (χ4v) is 1.69. The third-order valence-electron chi connectivity index (χ3n) is 2.34. The Bertz CT molecular complexity index is 250. The van der Waals surface area contributed by atoms with E-state index in [1.807, 2.05) is 6.08 Å². The molecule has 58 valence electrons. The smallest absolute Gasteiger partial charge is 0.121 e. The SMILES string of the molecule is C=CCC12C=CC=C(C)C1O2. The zero-order valence-electron chi connectivity index (χ0n) is 6.71. The molecule has 2 atom stereocenters. The summed E-state index contributed by atoms with van der Waals surface area (Å²) in [6.07, 6.45) is 9.50. The first-order valence-electron chi connectivity index (χ1n) is 3.93. The van der Waals surface area contributed by atoms with Crippen LogP contribution < -0.4 is 0 Å². The van der Waals surface area contributed by atoms with Gasteiger partial charge in [-0.1, -0.05) is 18.2 Å². The molecule has 1 fully saturated rings. The lowest BCUT2D eigenvalue weighted by Gasteiger charge is -2.07. The highest BCUT2D eigenvalue weighted by atomic mass is 16.6. The molecule has 0 aromatic rings. The van der Waals surface area contributed by atoms with Gasteiger partial charge in [0.25, 0.3) is 0 Å². The third-order valence-corrected chi connectivity index (χ3v) is 2.34. The van der Waals surface area contributed by atoms with Gasteiger partial charge in [-0.25, -0.2) is 0 Å². The summed E-state index contributed by atoms with van der Waals surface area (Å²) >= 11 is 0. The van der Waals surface area contributed by atoms with Gasteiger partial charge in [-0.05, 0) is 18.6 Å². The molecule has 0 radical (unpaired) electrons. The quantitative estimate of drug-likeness (QED) is 0.432. The van der Waals surface area contributed by atoms with E-state index in [4.69, 9.17) is 4.74 Å². The molecular formula is C10H12O. The second kappa shape index (κ2) is 2.08. The largest absolute Gasteiger partial charge is 0.357 e. The van der Waals surface area contributed by atoms with Crippen LogP contribution in [0.1, 0.15) is 13.3 Å². The molecule has 0 aromatic heterocycles. The summed E-state index contributed by atoms with van der Waals surface area (Å²) in [4.78, 5) is 0. The molecule has 0 aromatic carbocycles. The minimum absolute atomic E-state index is 0.000579. The van der Waals surface area contributed by atoms with Gasteiger partial charge in [-0.15, -0.1) is 6.58 Å². The summed E-state index contributed by atoms with van der Waals surface area (Å²) in [6.45, 7) is 5.83. The molecule has 0 bridgehead atoms. The normalized spacial score (nSPS) is 39.4. The predicted molar refractivity (Wildman–Crippen MR) is 45.3 cm³/mol. The number of epoxide rings is 1. The van der Waals surface area contributed by atoms with Crippen molar-refractivity contribution in [3.8, 4) is 0 Å². The highest BCUT2D eigenvalue weighted by Crippen LogP contribution is 2.47. The van der Waals surface area contributed by atoms with Crippen LogP contribution in [0.4, 0.5) is 0 Å². The lowest BCUT2D eigenvalue weighted by Crippen LogP contribution is -2.13. The summed E-state index contributed by atoms with van der Waals surface area (Å²) in [5.74, 6) is 0. The number of fused-ring (bicyclic) bond motifs is 1. The van der Waals surface area contributed by atoms with E-state index in [1.54, 1.807) is 0 Å². The van der Waals surface area contributed by atoms with Crippen LogP contribution in [0.3, 0.4) is 0 Å². The van der Waals surface area contributed by atoms with Gasteiger partial charge < -0.3 is 4.74 Å². The van der Waals surface area contributed by atoms with Crippen molar-refractivity contribution >= 4 is 0 Å². The van der Waals surface area contributed by atoms with E-state index in [0.717, 1.165) is 6.42 Å².